The van der Waals surface area contributed by atoms with Gasteiger partial charge in [0.25, 0.3) is 5.69 Å². The third kappa shape index (κ3) is 3.98. The fourth-order valence-corrected chi connectivity index (χ4v) is 2.85. The number of amides is 1. The lowest BCUT2D eigenvalue weighted by atomic mass is 9.91. The Labute approximate surface area is 159 Å². The lowest BCUT2D eigenvalue weighted by Crippen LogP contribution is -2.41. The third-order valence-corrected chi connectivity index (χ3v) is 4.29. The number of carbonyl (C=O) groups excluding carboxylic acids is 3. The normalized spacial score (nSPS) is 15.5. The molecule has 0 aliphatic carbocycles. The number of aryl methyl sites for hydroxylation is 1. The average Bonchev–Trinajstić information content (AvgIpc) is 2.66. The van der Waals surface area contributed by atoms with E-state index < -0.39 is 28.5 Å². The number of Topliss-reactive ketones (excluding diaryl/α,β-unsaturated/α-hetero) is 1. The van der Waals surface area contributed by atoms with Crippen LogP contribution in [0.5, 0.6) is 5.75 Å². The van der Waals surface area contributed by atoms with Gasteiger partial charge in [0.05, 0.1) is 17.2 Å². The van der Waals surface area contributed by atoms with E-state index in [1.807, 2.05) is 0 Å². The molecule has 0 spiro atoms. The minimum Gasteiger partial charge on any atom is -0.508 e. The molecule has 2 N–H and O–H groups in total. The van der Waals surface area contributed by atoms with Crippen LogP contribution in [0.3, 0.4) is 0 Å². The molecular weight excluding hydrogens is 368 g/mol. The molecule has 0 saturated heterocycles. The molecule has 0 radical (unpaired) electrons. The van der Waals surface area contributed by atoms with Gasteiger partial charge in [-0.25, -0.2) is 0 Å². The number of benzene rings is 2. The van der Waals surface area contributed by atoms with Gasteiger partial charge in [0.2, 0.25) is 5.91 Å². The molecule has 9 nitrogen and oxygen atoms in total. The number of nitrogens with zero attached hydrogens (tertiary/aromatic N) is 1. The zero-order chi connectivity index (χ0) is 20.3. The van der Waals surface area contributed by atoms with Crippen LogP contribution in [0.25, 0.3) is 0 Å². The standard InChI is InChI=1S/C19H16N2O7/c22-13-6-3-11(4-7-13)2-1-9-28-19(25)16-17(23)14-8-5-12(21(26)27)10-15(14)20-18(16)24/h3-8,10,16,22H,1-2,9H2,(H,20,24). The summed E-state index contributed by atoms with van der Waals surface area (Å²) in [6.07, 6.45) is 1.06. The number of aromatic hydroxyl groups is 1. The van der Waals surface area contributed by atoms with Crippen LogP contribution >= 0.6 is 0 Å². The van der Waals surface area contributed by atoms with Gasteiger partial charge in [0.15, 0.2) is 11.7 Å². The number of esters is 1. The van der Waals surface area contributed by atoms with E-state index in [-0.39, 0.29) is 29.3 Å². The predicted octanol–water partition coefficient (Wildman–Crippen LogP) is 2.23. The van der Waals surface area contributed by atoms with E-state index in [1.54, 1.807) is 24.3 Å². The number of ether oxygens (including phenoxy) is 1. The van der Waals surface area contributed by atoms with Crippen LogP contribution in [0.2, 0.25) is 0 Å². The van der Waals surface area contributed by atoms with E-state index in [1.165, 1.54) is 6.07 Å². The van der Waals surface area contributed by atoms with Gasteiger partial charge in [0.1, 0.15) is 5.75 Å². The summed E-state index contributed by atoms with van der Waals surface area (Å²) in [5, 5.41) is 22.4. The molecule has 1 aliphatic heterocycles. The van der Waals surface area contributed by atoms with E-state index in [2.05, 4.69) is 5.32 Å². The second kappa shape index (κ2) is 7.87. The second-order valence-electron chi connectivity index (χ2n) is 6.21. The second-order valence-corrected chi connectivity index (χ2v) is 6.21. The number of hydrogen-bond acceptors (Lipinski definition) is 7. The highest BCUT2D eigenvalue weighted by Crippen LogP contribution is 2.29. The smallest absolute Gasteiger partial charge is 0.326 e. The van der Waals surface area contributed by atoms with Crippen LogP contribution in [0.4, 0.5) is 11.4 Å². The lowest BCUT2D eigenvalue weighted by Gasteiger charge is -2.22. The van der Waals surface area contributed by atoms with Crippen molar-refractivity contribution in [2.45, 2.75) is 12.8 Å². The van der Waals surface area contributed by atoms with Gasteiger partial charge in [-0.3, -0.25) is 24.5 Å². The van der Waals surface area contributed by atoms with E-state index >= 15 is 0 Å². The molecule has 0 saturated carbocycles. The van der Waals surface area contributed by atoms with Crippen LogP contribution < -0.4 is 5.32 Å². The number of nitro benzene ring substituents is 1. The average molecular weight is 384 g/mol. The van der Waals surface area contributed by atoms with E-state index in [0.29, 0.717) is 12.8 Å². The topological polar surface area (TPSA) is 136 Å². The third-order valence-electron chi connectivity index (χ3n) is 4.29. The number of ketones is 1. The van der Waals surface area contributed by atoms with Gasteiger partial charge in [-0.2, -0.15) is 0 Å². The number of phenols is 1. The number of fused-ring (bicyclic) bond motifs is 1. The summed E-state index contributed by atoms with van der Waals surface area (Å²) < 4.78 is 5.07. The summed E-state index contributed by atoms with van der Waals surface area (Å²) in [6, 6.07) is 10.00. The van der Waals surface area contributed by atoms with Crippen LogP contribution in [-0.4, -0.2) is 34.3 Å². The van der Waals surface area contributed by atoms with Gasteiger partial charge in [-0.15, -0.1) is 0 Å². The quantitative estimate of drug-likeness (QED) is 0.256. The molecular formula is C19H16N2O7. The van der Waals surface area contributed by atoms with Gasteiger partial charge in [-0.05, 0) is 36.6 Å². The maximum absolute atomic E-state index is 12.5. The first kappa shape index (κ1) is 19.0. The Kier molecular flexibility index (Phi) is 5.35. The summed E-state index contributed by atoms with van der Waals surface area (Å²) >= 11 is 0. The summed E-state index contributed by atoms with van der Waals surface area (Å²) in [4.78, 5) is 47.0. The van der Waals surface area contributed by atoms with E-state index in [9.17, 15) is 29.6 Å². The van der Waals surface area contributed by atoms with Crippen molar-refractivity contribution in [3.05, 3.63) is 63.7 Å². The zero-order valence-electron chi connectivity index (χ0n) is 14.6. The molecule has 2 aromatic carbocycles. The van der Waals surface area contributed by atoms with E-state index in [0.717, 1.165) is 17.7 Å². The highest BCUT2D eigenvalue weighted by Gasteiger charge is 2.41. The number of nitro groups is 1. The Bertz CT molecular complexity index is 953. The summed E-state index contributed by atoms with van der Waals surface area (Å²) in [5.41, 5.74) is 0.690. The summed E-state index contributed by atoms with van der Waals surface area (Å²) in [7, 11) is 0. The fraction of sp³-hybridized carbons (Fsp3) is 0.211. The molecule has 1 aliphatic rings. The Balaban J connectivity index is 1.60. The first-order valence-electron chi connectivity index (χ1n) is 8.45. The molecule has 2 aromatic rings. The van der Waals surface area contributed by atoms with Gasteiger partial charge in [0, 0.05) is 17.7 Å². The molecule has 1 atom stereocenters. The first-order chi connectivity index (χ1) is 13.4. The van der Waals surface area contributed by atoms with E-state index in [4.69, 9.17) is 4.74 Å². The molecule has 0 fully saturated rings. The molecule has 144 valence electrons. The maximum Gasteiger partial charge on any atom is 0.326 e. The van der Waals surface area contributed by atoms with Crippen LogP contribution in [0.15, 0.2) is 42.5 Å². The van der Waals surface area contributed by atoms with Crippen LogP contribution in [-0.2, 0) is 20.7 Å². The van der Waals surface area contributed by atoms with Crippen molar-refractivity contribution in [2.24, 2.45) is 5.92 Å². The molecule has 1 unspecified atom stereocenters. The Morgan fingerprint density at radius 1 is 1.18 bits per heavy atom. The minimum atomic E-state index is -1.64. The molecule has 0 bridgehead atoms. The molecule has 1 heterocycles. The minimum absolute atomic E-state index is 0.000537. The molecule has 0 aromatic heterocycles. The van der Waals surface area contributed by atoms with Crippen LogP contribution in [0.1, 0.15) is 22.3 Å². The molecule has 1 amide bonds. The monoisotopic (exact) mass is 384 g/mol. The first-order valence-corrected chi connectivity index (χ1v) is 8.45. The summed E-state index contributed by atoms with van der Waals surface area (Å²) in [5.74, 6) is -4.07. The number of carbonyl (C=O) groups is 3. The molecule has 9 heteroatoms. The SMILES string of the molecule is O=C1Nc2cc([N+](=O)[O-])ccc2C(=O)C1C(=O)OCCCc1ccc(O)cc1. The highest BCUT2D eigenvalue weighted by atomic mass is 16.6. The number of anilines is 1. The maximum atomic E-state index is 12.5. The Morgan fingerprint density at radius 3 is 2.57 bits per heavy atom. The Hall–Kier alpha value is -3.75. The Morgan fingerprint density at radius 2 is 1.89 bits per heavy atom. The summed E-state index contributed by atoms with van der Waals surface area (Å²) in [6.45, 7) is 0.0177. The molecule has 3 rings (SSSR count). The van der Waals surface area contributed by atoms with Gasteiger partial charge >= 0.3 is 5.97 Å². The van der Waals surface area contributed by atoms with Gasteiger partial charge < -0.3 is 15.2 Å². The fourth-order valence-electron chi connectivity index (χ4n) is 2.85. The highest BCUT2D eigenvalue weighted by molar-refractivity contribution is 6.29. The molecule has 28 heavy (non-hydrogen) atoms. The lowest BCUT2D eigenvalue weighted by molar-refractivity contribution is -0.384. The number of nitrogens with one attached hydrogen (secondary N) is 1. The van der Waals surface area contributed by atoms with Crippen molar-refractivity contribution in [3.8, 4) is 5.75 Å². The van der Waals surface area contributed by atoms with Crippen molar-refractivity contribution >= 4 is 29.0 Å². The van der Waals surface area contributed by atoms with Crippen molar-refractivity contribution < 1.29 is 29.2 Å². The zero-order valence-corrected chi connectivity index (χ0v) is 14.6. The van der Waals surface area contributed by atoms with Crippen molar-refractivity contribution in [2.75, 3.05) is 11.9 Å². The predicted molar refractivity (Wildman–Crippen MR) is 96.9 cm³/mol. The number of phenolic OH excluding ortho intramolecular Hbond substituents is 1. The number of hydrogen-bond donors (Lipinski definition) is 2. The largest absolute Gasteiger partial charge is 0.508 e. The van der Waals surface area contributed by atoms with Crippen molar-refractivity contribution in [3.63, 3.8) is 0 Å². The van der Waals surface area contributed by atoms with Crippen molar-refractivity contribution in [1.29, 1.82) is 0 Å². The number of non-ortho nitro benzene ring substituents is 1. The van der Waals surface area contributed by atoms with Crippen LogP contribution in [0, 0.1) is 16.0 Å². The number of rotatable bonds is 6. The van der Waals surface area contributed by atoms with Gasteiger partial charge in [-0.1, -0.05) is 12.1 Å². The van der Waals surface area contributed by atoms with Crippen molar-refractivity contribution in [1.82, 2.24) is 0 Å².